The Kier molecular flexibility index (Phi) is 4.22. The maximum Gasteiger partial charge on any atom is 0.271 e. The number of primary amides is 1. The Morgan fingerprint density at radius 3 is 2.59 bits per heavy atom. The number of nitrogens with one attached hydrogen (secondary N) is 1. The van der Waals surface area contributed by atoms with Crippen molar-refractivity contribution in [3.8, 4) is 0 Å². The van der Waals surface area contributed by atoms with E-state index < -0.39 is 11.4 Å². The van der Waals surface area contributed by atoms with Crippen LogP contribution in [0.3, 0.4) is 0 Å². The molecule has 0 aliphatic carbocycles. The molecule has 2 amide bonds. The molecule has 5 nitrogen and oxygen atoms in total. The molecule has 1 aromatic heterocycles. The third-order valence-electron chi connectivity index (χ3n) is 2.98. The number of nitrogens with two attached hydrogens (primary N) is 1. The second-order valence-electron chi connectivity index (χ2n) is 4.17. The van der Waals surface area contributed by atoms with Crippen molar-refractivity contribution in [2.24, 2.45) is 11.7 Å². The van der Waals surface area contributed by atoms with Crippen LogP contribution in [-0.2, 0) is 4.79 Å². The van der Waals surface area contributed by atoms with Gasteiger partial charge < -0.3 is 11.1 Å². The van der Waals surface area contributed by atoms with E-state index in [4.69, 9.17) is 5.73 Å². The number of aromatic nitrogens is 1. The summed E-state index contributed by atoms with van der Waals surface area (Å²) in [5.74, 6) is -0.952. The Labute approximate surface area is 104 Å². The zero-order valence-electron chi connectivity index (χ0n) is 10.2. The average molecular weight is 255 g/mol. The topological polar surface area (TPSA) is 85.1 Å². The van der Waals surface area contributed by atoms with Crippen LogP contribution >= 0.6 is 11.3 Å². The van der Waals surface area contributed by atoms with Gasteiger partial charge >= 0.3 is 0 Å². The maximum atomic E-state index is 11.9. The Bertz CT molecular complexity index is 403. The number of carbonyl (C=O) groups excluding carboxylic acids is 2. The van der Waals surface area contributed by atoms with Gasteiger partial charge in [-0.05, 0) is 12.3 Å². The largest absolute Gasteiger partial charge is 0.368 e. The lowest BCUT2D eigenvalue weighted by Gasteiger charge is -2.34. The van der Waals surface area contributed by atoms with E-state index in [1.54, 1.807) is 10.9 Å². The highest BCUT2D eigenvalue weighted by atomic mass is 32.1. The fraction of sp³-hybridized carbons (Fsp3) is 0.545. The van der Waals surface area contributed by atoms with Gasteiger partial charge in [0.25, 0.3) is 5.91 Å². The second-order valence-corrected chi connectivity index (χ2v) is 4.89. The minimum atomic E-state index is -1.01. The normalized spacial score (nSPS) is 14.4. The lowest BCUT2D eigenvalue weighted by molar-refractivity contribution is -0.126. The summed E-state index contributed by atoms with van der Waals surface area (Å²) in [6, 6.07) is 0. The average Bonchev–Trinajstić information content (AvgIpc) is 2.77. The monoisotopic (exact) mass is 255 g/mol. The van der Waals surface area contributed by atoms with E-state index in [-0.39, 0.29) is 11.8 Å². The van der Waals surface area contributed by atoms with Gasteiger partial charge in [-0.3, -0.25) is 9.59 Å². The summed E-state index contributed by atoms with van der Waals surface area (Å²) >= 11 is 1.33. The molecule has 94 valence electrons. The highest BCUT2D eigenvalue weighted by molar-refractivity contribution is 7.07. The molecule has 0 aliphatic rings. The number of rotatable bonds is 5. The first kappa shape index (κ1) is 13.6. The fourth-order valence-corrected chi connectivity index (χ4v) is 2.28. The van der Waals surface area contributed by atoms with Gasteiger partial charge in [0, 0.05) is 5.38 Å². The van der Waals surface area contributed by atoms with Gasteiger partial charge in [0.05, 0.1) is 5.51 Å². The summed E-state index contributed by atoms with van der Waals surface area (Å²) in [6.07, 6.45) is 0.454. The Morgan fingerprint density at radius 2 is 2.24 bits per heavy atom. The van der Waals surface area contributed by atoms with Gasteiger partial charge in [0.1, 0.15) is 11.2 Å². The van der Waals surface area contributed by atoms with Crippen molar-refractivity contribution >= 4 is 23.2 Å². The molecule has 0 saturated heterocycles. The maximum absolute atomic E-state index is 11.9. The number of hydrogen-bond donors (Lipinski definition) is 2. The van der Waals surface area contributed by atoms with Crippen LogP contribution in [0.4, 0.5) is 0 Å². The van der Waals surface area contributed by atoms with Crippen LogP contribution in [0.5, 0.6) is 0 Å². The molecule has 3 N–H and O–H groups in total. The van der Waals surface area contributed by atoms with Crippen LogP contribution in [0.25, 0.3) is 0 Å². The number of amides is 2. The van der Waals surface area contributed by atoms with Gasteiger partial charge in [0.2, 0.25) is 5.91 Å². The molecule has 0 spiro atoms. The predicted octanol–water partition coefficient (Wildman–Crippen LogP) is 1.16. The molecule has 0 aliphatic heterocycles. The van der Waals surface area contributed by atoms with E-state index >= 15 is 0 Å². The molecule has 6 heteroatoms. The minimum absolute atomic E-state index is 0.0763. The molecule has 1 heterocycles. The number of hydrogen-bond acceptors (Lipinski definition) is 4. The predicted molar refractivity (Wildman–Crippen MR) is 66.6 cm³/mol. The highest BCUT2D eigenvalue weighted by Gasteiger charge is 2.40. The first-order valence-corrected chi connectivity index (χ1v) is 6.39. The molecule has 17 heavy (non-hydrogen) atoms. The summed E-state index contributed by atoms with van der Waals surface area (Å²) in [7, 11) is 0. The van der Waals surface area contributed by atoms with E-state index in [0.717, 1.165) is 0 Å². The summed E-state index contributed by atoms with van der Waals surface area (Å²) in [4.78, 5) is 27.4. The number of thiazole rings is 1. The molecule has 1 rings (SSSR count). The van der Waals surface area contributed by atoms with Gasteiger partial charge in [-0.25, -0.2) is 4.98 Å². The smallest absolute Gasteiger partial charge is 0.271 e. The highest BCUT2D eigenvalue weighted by Crippen LogP contribution is 2.21. The SMILES string of the molecule is CC[C@@](NC(=O)c1cscn1)(C(N)=O)C(C)C. The van der Waals surface area contributed by atoms with Crippen molar-refractivity contribution in [3.05, 3.63) is 16.6 Å². The first-order chi connectivity index (χ1) is 7.94. The number of nitrogens with zero attached hydrogens (tertiary/aromatic N) is 1. The van der Waals surface area contributed by atoms with Crippen molar-refractivity contribution in [1.29, 1.82) is 0 Å². The van der Waals surface area contributed by atoms with Crippen LogP contribution in [0.2, 0.25) is 0 Å². The van der Waals surface area contributed by atoms with Gasteiger partial charge in [0.15, 0.2) is 0 Å². The molecule has 0 aromatic carbocycles. The minimum Gasteiger partial charge on any atom is -0.368 e. The van der Waals surface area contributed by atoms with E-state index in [0.29, 0.717) is 12.1 Å². The van der Waals surface area contributed by atoms with Crippen molar-refractivity contribution in [2.45, 2.75) is 32.7 Å². The third kappa shape index (κ3) is 2.63. The molecular weight excluding hydrogens is 238 g/mol. The quantitative estimate of drug-likeness (QED) is 0.828. The molecule has 0 unspecified atom stereocenters. The van der Waals surface area contributed by atoms with E-state index in [1.807, 2.05) is 20.8 Å². The standard InChI is InChI=1S/C11H17N3O2S/c1-4-11(7(2)3,10(12)16)14-9(15)8-5-17-6-13-8/h5-7H,4H2,1-3H3,(H2,12,16)(H,14,15)/t11-/m0/s1. The molecule has 0 fully saturated rings. The van der Waals surface area contributed by atoms with Gasteiger partial charge in [-0.2, -0.15) is 0 Å². The fourth-order valence-electron chi connectivity index (χ4n) is 1.75. The summed E-state index contributed by atoms with van der Waals surface area (Å²) in [5, 5.41) is 4.35. The van der Waals surface area contributed by atoms with Crippen LogP contribution in [0.1, 0.15) is 37.7 Å². The van der Waals surface area contributed by atoms with E-state index in [2.05, 4.69) is 10.3 Å². The van der Waals surface area contributed by atoms with E-state index in [1.165, 1.54) is 11.3 Å². The first-order valence-electron chi connectivity index (χ1n) is 5.44. The van der Waals surface area contributed by atoms with Gasteiger partial charge in [-0.1, -0.05) is 20.8 Å². The summed E-state index contributed by atoms with van der Waals surface area (Å²) in [6.45, 7) is 5.54. The van der Waals surface area contributed by atoms with Crippen LogP contribution in [0.15, 0.2) is 10.9 Å². The van der Waals surface area contributed by atoms with Crippen LogP contribution in [0, 0.1) is 5.92 Å². The molecule has 0 saturated carbocycles. The molecule has 0 radical (unpaired) electrons. The summed E-state index contributed by atoms with van der Waals surface area (Å²) in [5.41, 5.74) is 6.29. The molecule has 1 aromatic rings. The van der Waals surface area contributed by atoms with Crippen molar-refractivity contribution in [1.82, 2.24) is 10.3 Å². The van der Waals surface area contributed by atoms with Crippen molar-refractivity contribution in [2.75, 3.05) is 0 Å². The Hall–Kier alpha value is -1.43. The van der Waals surface area contributed by atoms with E-state index in [9.17, 15) is 9.59 Å². The Balaban J connectivity index is 2.95. The Morgan fingerprint density at radius 1 is 1.59 bits per heavy atom. The van der Waals surface area contributed by atoms with Crippen molar-refractivity contribution in [3.63, 3.8) is 0 Å². The van der Waals surface area contributed by atoms with Crippen LogP contribution in [-0.4, -0.2) is 22.3 Å². The molecule has 1 atom stereocenters. The lowest BCUT2D eigenvalue weighted by atomic mass is 9.83. The number of carbonyl (C=O) groups is 2. The molecule has 0 bridgehead atoms. The van der Waals surface area contributed by atoms with Crippen molar-refractivity contribution < 1.29 is 9.59 Å². The summed E-state index contributed by atoms with van der Waals surface area (Å²) < 4.78 is 0. The third-order valence-corrected chi connectivity index (χ3v) is 3.57. The zero-order chi connectivity index (χ0) is 13.1. The van der Waals surface area contributed by atoms with Gasteiger partial charge in [-0.15, -0.1) is 11.3 Å². The zero-order valence-corrected chi connectivity index (χ0v) is 11.0. The molecular formula is C11H17N3O2S. The van der Waals surface area contributed by atoms with Crippen LogP contribution < -0.4 is 11.1 Å². The lowest BCUT2D eigenvalue weighted by Crippen LogP contribution is -2.60. The second kappa shape index (κ2) is 5.27.